The summed E-state index contributed by atoms with van der Waals surface area (Å²) in [5.41, 5.74) is 0.937. The number of benzene rings is 1. The number of nitrogens with one attached hydrogen (secondary N) is 1. The fourth-order valence-corrected chi connectivity index (χ4v) is 2.03. The Balaban J connectivity index is 2.46. The molecule has 0 atom stereocenters. The molecule has 6 nitrogen and oxygen atoms in total. The van der Waals surface area contributed by atoms with Gasteiger partial charge in [-0.1, -0.05) is 30.3 Å². The minimum atomic E-state index is -0.802. The molecule has 0 aliphatic heterocycles. The molecule has 0 amide bonds. The first-order chi connectivity index (χ1) is 10.1. The maximum atomic E-state index is 11.7. The molecule has 0 saturated carbocycles. The van der Waals surface area contributed by atoms with Crippen LogP contribution in [-0.2, 0) is 15.9 Å². The number of esters is 2. The van der Waals surface area contributed by atoms with Crippen LogP contribution in [0.5, 0.6) is 5.75 Å². The van der Waals surface area contributed by atoms with Crippen LogP contribution in [0.15, 0.2) is 30.3 Å². The molecule has 0 spiro atoms. The van der Waals surface area contributed by atoms with Gasteiger partial charge < -0.3 is 19.6 Å². The number of H-pyrrole nitrogens is 1. The lowest BCUT2D eigenvalue weighted by Gasteiger charge is -2.01. The van der Waals surface area contributed by atoms with Crippen LogP contribution in [-0.4, -0.2) is 36.2 Å². The Morgan fingerprint density at radius 2 is 1.71 bits per heavy atom. The minimum Gasteiger partial charge on any atom is -0.505 e. The maximum Gasteiger partial charge on any atom is 0.355 e. The molecule has 0 unspecified atom stereocenters. The summed E-state index contributed by atoms with van der Waals surface area (Å²) < 4.78 is 9.19. The van der Waals surface area contributed by atoms with Crippen molar-refractivity contribution in [3.8, 4) is 5.75 Å². The molecule has 1 aromatic heterocycles. The van der Waals surface area contributed by atoms with Gasteiger partial charge in [-0.3, -0.25) is 0 Å². The number of aromatic hydroxyl groups is 1. The van der Waals surface area contributed by atoms with E-state index < -0.39 is 11.9 Å². The van der Waals surface area contributed by atoms with Crippen molar-refractivity contribution >= 4 is 11.9 Å². The van der Waals surface area contributed by atoms with E-state index in [9.17, 15) is 14.7 Å². The van der Waals surface area contributed by atoms with E-state index in [2.05, 4.69) is 14.5 Å². The number of aromatic amines is 1. The molecule has 2 rings (SSSR count). The van der Waals surface area contributed by atoms with Crippen LogP contribution < -0.4 is 0 Å². The predicted octanol–water partition coefficient (Wildman–Crippen LogP) is 1.88. The number of hydrogen-bond acceptors (Lipinski definition) is 5. The molecule has 0 bridgehead atoms. The Hall–Kier alpha value is -2.76. The second kappa shape index (κ2) is 6.13. The first kappa shape index (κ1) is 14.6. The van der Waals surface area contributed by atoms with E-state index in [0.29, 0.717) is 12.1 Å². The number of hydrogen-bond donors (Lipinski definition) is 2. The number of ether oxygens (including phenoxy) is 2. The third-order valence-electron chi connectivity index (χ3n) is 3.05. The van der Waals surface area contributed by atoms with Crippen LogP contribution in [0.3, 0.4) is 0 Å². The van der Waals surface area contributed by atoms with Gasteiger partial charge in [-0.15, -0.1) is 0 Å². The van der Waals surface area contributed by atoms with Crippen molar-refractivity contribution in [3.05, 3.63) is 52.8 Å². The summed E-state index contributed by atoms with van der Waals surface area (Å²) in [4.78, 5) is 26.2. The van der Waals surface area contributed by atoms with Gasteiger partial charge in [-0.05, 0) is 5.56 Å². The molecule has 0 fully saturated rings. The van der Waals surface area contributed by atoms with Gasteiger partial charge in [-0.25, -0.2) is 9.59 Å². The lowest BCUT2D eigenvalue weighted by atomic mass is 10.1. The van der Waals surface area contributed by atoms with E-state index in [1.54, 1.807) is 0 Å². The first-order valence-corrected chi connectivity index (χ1v) is 6.22. The molecule has 0 aliphatic rings. The quantitative estimate of drug-likeness (QED) is 0.839. The minimum absolute atomic E-state index is 0.118. The van der Waals surface area contributed by atoms with Crippen molar-refractivity contribution in [2.45, 2.75) is 6.42 Å². The van der Waals surface area contributed by atoms with Crippen LogP contribution in [0.4, 0.5) is 0 Å². The van der Waals surface area contributed by atoms with Crippen molar-refractivity contribution in [2.24, 2.45) is 0 Å². The summed E-state index contributed by atoms with van der Waals surface area (Å²) >= 11 is 0. The Labute approximate surface area is 121 Å². The average molecular weight is 289 g/mol. The Kier molecular flexibility index (Phi) is 4.27. The summed E-state index contributed by atoms with van der Waals surface area (Å²) in [6, 6.07) is 9.33. The topological polar surface area (TPSA) is 88.6 Å². The highest BCUT2D eigenvalue weighted by Crippen LogP contribution is 2.29. The standard InChI is InChI=1S/C15H15NO5/c1-20-14(18)11-12(15(19)21-2)16-10(13(11)17)8-9-6-4-3-5-7-9/h3-7,16-17H,8H2,1-2H3. The Bertz CT molecular complexity index is 660. The summed E-state index contributed by atoms with van der Waals surface area (Å²) in [5.74, 6) is -1.85. The molecule has 2 N–H and O–H groups in total. The zero-order valence-electron chi connectivity index (χ0n) is 11.7. The van der Waals surface area contributed by atoms with Crippen molar-refractivity contribution < 1.29 is 24.2 Å². The van der Waals surface area contributed by atoms with E-state index in [1.165, 1.54) is 14.2 Å². The van der Waals surface area contributed by atoms with E-state index in [4.69, 9.17) is 0 Å². The van der Waals surface area contributed by atoms with Gasteiger partial charge in [0, 0.05) is 6.42 Å². The van der Waals surface area contributed by atoms with E-state index in [0.717, 1.165) is 5.56 Å². The van der Waals surface area contributed by atoms with Crippen LogP contribution in [0.25, 0.3) is 0 Å². The normalized spacial score (nSPS) is 10.2. The van der Waals surface area contributed by atoms with Crippen LogP contribution in [0, 0.1) is 0 Å². The summed E-state index contributed by atoms with van der Waals surface area (Å²) in [6.45, 7) is 0. The average Bonchev–Trinajstić information content (AvgIpc) is 2.83. The lowest BCUT2D eigenvalue weighted by Crippen LogP contribution is -2.10. The van der Waals surface area contributed by atoms with Crippen LogP contribution in [0.1, 0.15) is 32.1 Å². The lowest BCUT2D eigenvalue weighted by molar-refractivity contribution is 0.0550. The highest BCUT2D eigenvalue weighted by Gasteiger charge is 2.28. The smallest absolute Gasteiger partial charge is 0.355 e. The van der Waals surface area contributed by atoms with Crippen molar-refractivity contribution in [2.75, 3.05) is 14.2 Å². The third kappa shape index (κ3) is 2.89. The molecular weight excluding hydrogens is 274 g/mol. The second-order valence-electron chi connectivity index (χ2n) is 4.35. The van der Waals surface area contributed by atoms with Crippen LogP contribution >= 0.6 is 0 Å². The van der Waals surface area contributed by atoms with Crippen molar-refractivity contribution in [1.82, 2.24) is 4.98 Å². The number of carbonyl (C=O) groups excluding carboxylic acids is 2. The molecule has 1 aromatic carbocycles. The van der Waals surface area contributed by atoms with Gasteiger partial charge in [0.1, 0.15) is 11.3 Å². The SMILES string of the molecule is COC(=O)c1[nH]c(Cc2ccccc2)c(O)c1C(=O)OC. The van der Waals surface area contributed by atoms with Gasteiger partial charge in [0.15, 0.2) is 5.75 Å². The molecule has 2 aromatic rings. The summed E-state index contributed by atoms with van der Waals surface area (Å²) in [7, 11) is 2.37. The number of methoxy groups -OCH3 is 2. The van der Waals surface area contributed by atoms with Gasteiger partial charge in [0.05, 0.1) is 19.9 Å². The van der Waals surface area contributed by atoms with Gasteiger partial charge in [0.25, 0.3) is 0 Å². The van der Waals surface area contributed by atoms with Gasteiger partial charge in [-0.2, -0.15) is 0 Å². The van der Waals surface area contributed by atoms with Gasteiger partial charge >= 0.3 is 11.9 Å². The Morgan fingerprint density at radius 1 is 1.10 bits per heavy atom. The van der Waals surface area contributed by atoms with E-state index in [1.807, 2.05) is 30.3 Å². The zero-order chi connectivity index (χ0) is 15.4. The molecule has 0 aliphatic carbocycles. The molecule has 6 heteroatoms. The molecule has 1 heterocycles. The largest absolute Gasteiger partial charge is 0.505 e. The van der Waals surface area contributed by atoms with E-state index >= 15 is 0 Å². The van der Waals surface area contributed by atoms with Crippen LogP contribution in [0.2, 0.25) is 0 Å². The van der Waals surface area contributed by atoms with Crippen molar-refractivity contribution in [3.63, 3.8) is 0 Å². The molecular formula is C15H15NO5. The van der Waals surface area contributed by atoms with E-state index in [-0.39, 0.29) is 17.0 Å². The van der Waals surface area contributed by atoms with Crippen molar-refractivity contribution in [1.29, 1.82) is 0 Å². The zero-order valence-corrected chi connectivity index (χ0v) is 11.7. The molecule has 21 heavy (non-hydrogen) atoms. The maximum absolute atomic E-state index is 11.7. The highest BCUT2D eigenvalue weighted by molar-refractivity contribution is 6.04. The Morgan fingerprint density at radius 3 is 2.29 bits per heavy atom. The number of aromatic nitrogens is 1. The first-order valence-electron chi connectivity index (χ1n) is 6.22. The fourth-order valence-electron chi connectivity index (χ4n) is 2.03. The molecule has 0 radical (unpaired) electrons. The third-order valence-corrected chi connectivity index (χ3v) is 3.05. The monoisotopic (exact) mass is 289 g/mol. The predicted molar refractivity (Wildman–Crippen MR) is 74.4 cm³/mol. The second-order valence-corrected chi connectivity index (χ2v) is 4.35. The molecule has 0 saturated heterocycles. The van der Waals surface area contributed by atoms with Gasteiger partial charge in [0.2, 0.25) is 0 Å². The number of carbonyl (C=O) groups is 2. The molecule has 110 valence electrons. The number of rotatable bonds is 4. The summed E-state index contributed by atoms with van der Waals surface area (Å²) in [6.07, 6.45) is 0.341. The highest BCUT2D eigenvalue weighted by atomic mass is 16.5. The fraction of sp³-hybridized carbons (Fsp3) is 0.200. The summed E-state index contributed by atoms with van der Waals surface area (Å²) in [5, 5.41) is 10.2.